The zero-order valence-corrected chi connectivity index (χ0v) is 12.2. The Hall–Kier alpha value is -0.800. The van der Waals surface area contributed by atoms with Gasteiger partial charge in [-0.3, -0.25) is 0 Å². The monoisotopic (exact) mass is 282 g/mol. The van der Waals surface area contributed by atoms with Gasteiger partial charge in [-0.05, 0) is 36.5 Å². The highest BCUT2D eigenvalue weighted by molar-refractivity contribution is 7.80. The molecule has 2 rings (SSSR count). The summed E-state index contributed by atoms with van der Waals surface area (Å²) in [5.41, 5.74) is 7.95. The molecular formula is C14H19ClN2S. The van der Waals surface area contributed by atoms with Crippen molar-refractivity contribution in [3.63, 3.8) is 0 Å². The second-order valence-electron chi connectivity index (χ2n) is 5.43. The molecule has 0 aromatic heterocycles. The Morgan fingerprint density at radius 2 is 2.11 bits per heavy atom. The van der Waals surface area contributed by atoms with Gasteiger partial charge in [-0.2, -0.15) is 0 Å². The first-order chi connectivity index (χ1) is 8.50. The predicted octanol–water partition coefficient (Wildman–Crippen LogP) is 3.97. The summed E-state index contributed by atoms with van der Waals surface area (Å²) in [4.78, 5) is 0.386. The van der Waals surface area contributed by atoms with Gasteiger partial charge in [0.25, 0.3) is 0 Å². The summed E-state index contributed by atoms with van der Waals surface area (Å²) in [6, 6.07) is 5.64. The molecule has 0 atom stereocenters. The van der Waals surface area contributed by atoms with Gasteiger partial charge in [0, 0.05) is 22.8 Å². The van der Waals surface area contributed by atoms with E-state index in [0.717, 1.165) is 17.8 Å². The zero-order valence-electron chi connectivity index (χ0n) is 10.6. The maximum Gasteiger partial charge on any atom is 0.106 e. The van der Waals surface area contributed by atoms with E-state index in [9.17, 15) is 0 Å². The van der Waals surface area contributed by atoms with E-state index in [1.54, 1.807) is 0 Å². The van der Waals surface area contributed by atoms with E-state index in [0.29, 0.717) is 15.4 Å². The zero-order chi connectivity index (χ0) is 13.2. The van der Waals surface area contributed by atoms with Crippen LogP contribution in [-0.4, -0.2) is 11.5 Å². The Balaban J connectivity index is 2.11. The lowest BCUT2D eigenvalue weighted by Gasteiger charge is -2.25. The van der Waals surface area contributed by atoms with Crippen LogP contribution in [0.15, 0.2) is 18.2 Å². The maximum absolute atomic E-state index is 5.97. The SMILES string of the molecule is CC1(CNc2ccc(Cl)cc2C(N)=S)CCCC1. The van der Waals surface area contributed by atoms with Crippen molar-refractivity contribution in [2.45, 2.75) is 32.6 Å². The van der Waals surface area contributed by atoms with Gasteiger partial charge in [0.05, 0.1) is 0 Å². The quantitative estimate of drug-likeness (QED) is 0.821. The molecular weight excluding hydrogens is 264 g/mol. The van der Waals surface area contributed by atoms with Crippen LogP contribution in [-0.2, 0) is 0 Å². The van der Waals surface area contributed by atoms with E-state index < -0.39 is 0 Å². The lowest BCUT2D eigenvalue weighted by molar-refractivity contribution is 0.362. The average Bonchev–Trinajstić information content (AvgIpc) is 2.75. The number of hydrogen-bond donors (Lipinski definition) is 2. The van der Waals surface area contributed by atoms with Crippen LogP contribution in [0.1, 0.15) is 38.2 Å². The van der Waals surface area contributed by atoms with Gasteiger partial charge in [-0.15, -0.1) is 0 Å². The Morgan fingerprint density at radius 1 is 1.44 bits per heavy atom. The van der Waals surface area contributed by atoms with Crippen molar-refractivity contribution >= 4 is 34.5 Å². The number of benzene rings is 1. The molecule has 1 aliphatic carbocycles. The Labute approximate surface area is 119 Å². The fourth-order valence-electron chi connectivity index (χ4n) is 2.59. The third-order valence-corrected chi connectivity index (χ3v) is 4.22. The van der Waals surface area contributed by atoms with Crippen LogP contribution in [0.3, 0.4) is 0 Å². The third-order valence-electron chi connectivity index (χ3n) is 3.76. The molecule has 0 heterocycles. The molecule has 0 bridgehead atoms. The van der Waals surface area contributed by atoms with E-state index in [1.807, 2.05) is 18.2 Å². The minimum Gasteiger partial charge on any atom is -0.389 e. The topological polar surface area (TPSA) is 38.0 Å². The molecule has 0 unspecified atom stereocenters. The first-order valence-electron chi connectivity index (χ1n) is 6.33. The van der Waals surface area contributed by atoms with E-state index in [4.69, 9.17) is 29.6 Å². The Bertz CT molecular complexity index is 453. The lowest BCUT2D eigenvalue weighted by Crippen LogP contribution is -2.24. The van der Waals surface area contributed by atoms with Crippen molar-refractivity contribution in [2.75, 3.05) is 11.9 Å². The normalized spacial score (nSPS) is 17.7. The molecule has 98 valence electrons. The van der Waals surface area contributed by atoms with E-state index in [1.165, 1.54) is 25.7 Å². The second-order valence-corrected chi connectivity index (χ2v) is 6.30. The molecule has 0 radical (unpaired) electrons. The Morgan fingerprint density at radius 3 is 2.72 bits per heavy atom. The predicted molar refractivity (Wildman–Crippen MR) is 82.4 cm³/mol. The number of nitrogens with two attached hydrogens (primary N) is 1. The van der Waals surface area contributed by atoms with Crippen LogP contribution in [0, 0.1) is 5.41 Å². The first kappa shape index (κ1) is 13.6. The van der Waals surface area contributed by atoms with Crippen LogP contribution in [0.25, 0.3) is 0 Å². The standard InChI is InChI=1S/C14H19ClN2S/c1-14(6-2-3-7-14)9-17-12-5-4-10(15)8-11(12)13(16)18/h4-5,8,17H,2-3,6-7,9H2,1H3,(H2,16,18). The van der Waals surface area contributed by atoms with Crippen molar-refractivity contribution in [1.82, 2.24) is 0 Å². The van der Waals surface area contributed by atoms with Gasteiger partial charge in [0.1, 0.15) is 4.99 Å². The van der Waals surface area contributed by atoms with Gasteiger partial charge in [-0.25, -0.2) is 0 Å². The number of rotatable bonds is 4. The Kier molecular flexibility index (Phi) is 4.13. The molecule has 2 nitrogen and oxygen atoms in total. The molecule has 0 aliphatic heterocycles. The maximum atomic E-state index is 5.97. The third kappa shape index (κ3) is 3.15. The molecule has 18 heavy (non-hydrogen) atoms. The molecule has 0 amide bonds. The van der Waals surface area contributed by atoms with Crippen molar-refractivity contribution in [3.8, 4) is 0 Å². The van der Waals surface area contributed by atoms with Gasteiger partial charge < -0.3 is 11.1 Å². The number of thiocarbonyl (C=S) groups is 1. The summed E-state index contributed by atoms with van der Waals surface area (Å²) >= 11 is 11.0. The molecule has 1 aromatic rings. The lowest BCUT2D eigenvalue weighted by atomic mass is 9.89. The summed E-state index contributed by atoms with van der Waals surface area (Å²) in [6.45, 7) is 3.30. The number of hydrogen-bond acceptors (Lipinski definition) is 2. The van der Waals surface area contributed by atoms with Crippen LogP contribution in [0.5, 0.6) is 0 Å². The van der Waals surface area contributed by atoms with Gasteiger partial charge in [-0.1, -0.05) is 43.6 Å². The molecule has 1 aliphatic rings. The minimum atomic E-state index is 0.386. The van der Waals surface area contributed by atoms with E-state index in [2.05, 4.69) is 12.2 Å². The molecule has 1 fully saturated rings. The van der Waals surface area contributed by atoms with Crippen LogP contribution in [0.4, 0.5) is 5.69 Å². The van der Waals surface area contributed by atoms with Crippen molar-refractivity contribution in [1.29, 1.82) is 0 Å². The molecule has 4 heteroatoms. The molecule has 3 N–H and O–H groups in total. The summed E-state index contributed by atoms with van der Waals surface area (Å²) < 4.78 is 0. The largest absolute Gasteiger partial charge is 0.389 e. The van der Waals surface area contributed by atoms with Crippen molar-refractivity contribution < 1.29 is 0 Å². The molecule has 0 saturated heterocycles. The summed E-state index contributed by atoms with van der Waals surface area (Å²) in [7, 11) is 0. The molecule has 0 spiro atoms. The summed E-state index contributed by atoms with van der Waals surface area (Å²) in [5.74, 6) is 0. The highest BCUT2D eigenvalue weighted by Gasteiger charge is 2.28. The van der Waals surface area contributed by atoms with Gasteiger partial charge in [0.2, 0.25) is 0 Å². The van der Waals surface area contributed by atoms with Crippen molar-refractivity contribution in [3.05, 3.63) is 28.8 Å². The van der Waals surface area contributed by atoms with Crippen LogP contribution >= 0.6 is 23.8 Å². The number of halogens is 1. The number of anilines is 1. The highest BCUT2D eigenvalue weighted by atomic mass is 35.5. The molecule has 1 aromatic carbocycles. The smallest absolute Gasteiger partial charge is 0.106 e. The van der Waals surface area contributed by atoms with E-state index in [-0.39, 0.29) is 0 Å². The van der Waals surface area contributed by atoms with Crippen LogP contribution < -0.4 is 11.1 Å². The van der Waals surface area contributed by atoms with Crippen molar-refractivity contribution in [2.24, 2.45) is 11.1 Å². The first-order valence-corrected chi connectivity index (χ1v) is 7.12. The highest BCUT2D eigenvalue weighted by Crippen LogP contribution is 2.37. The summed E-state index contributed by atoms with van der Waals surface area (Å²) in [5, 5.41) is 4.14. The van der Waals surface area contributed by atoms with Crippen LogP contribution in [0.2, 0.25) is 5.02 Å². The van der Waals surface area contributed by atoms with Gasteiger partial charge >= 0.3 is 0 Å². The minimum absolute atomic E-state index is 0.386. The van der Waals surface area contributed by atoms with Gasteiger partial charge in [0.15, 0.2) is 0 Å². The average molecular weight is 283 g/mol. The summed E-state index contributed by atoms with van der Waals surface area (Å²) in [6.07, 6.45) is 5.24. The number of nitrogens with one attached hydrogen (secondary N) is 1. The van der Waals surface area contributed by atoms with E-state index >= 15 is 0 Å². The fraction of sp³-hybridized carbons (Fsp3) is 0.500. The molecule has 1 saturated carbocycles. The second kappa shape index (κ2) is 5.45. The fourth-order valence-corrected chi connectivity index (χ4v) is 2.93.